The van der Waals surface area contributed by atoms with Crippen LogP contribution in [0.2, 0.25) is 0 Å². The zero-order valence-electron chi connectivity index (χ0n) is 10.1. The largest absolute Gasteiger partial charge is 0.396 e. The van der Waals surface area contributed by atoms with Gasteiger partial charge >= 0.3 is 0 Å². The van der Waals surface area contributed by atoms with Crippen molar-refractivity contribution in [1.29, 1.82) is 0 Å². The lowest BCUT2D eigenvalue weighted by atomic mass is 9.97. The van der Waals surface area contributed by atoms with Crippen LogP contribution < -0.4 is 11.1 Å². The monoisotopic (exact) mass is 232 g/mol. The number of aromatic nitrogens is 1. The Morgan fingerprint density at radius 1 is 1.35 bits per heavy atom. The summed E-state index contributed by atoms with van der Waals surface area (Å²) >= 11 is 0. The highest BCUT2D eigenvalue weighted by Gasteiger charge is 2.31. The molecule has 4 nitrogen and oxygen atoms in total. The number of hydrogen-bond donors (Lipinski definition) is 2. The molecule has 2 fully saturated rings. The standard InChI is InChI=1S/C13H20N4/c14-12-4-1-6-15-13(12)16-10-5-8-17-7-2-3-11(17)9-10/h1,4,6,10-11H,2-3,5,7-9,14H2,(H,15,16). The molecule has 0 aromatic carbocycles. The van der Waals surface area contributed by atoms with E-state index in [0.29, 0.717) is 6.04 Å². The molecule has 3 heterocycles. The van der Waals surface area contributed by atoms with Crippen LogP contribution in [0.1, 0.15) is 25.7 Å². The van der Waals surface area contributed by atoms with Crippen molar-refractivity contribution < 1.29 is 0 Å². The smallest absolute Gasteiger partial charge is 0.149 e. The molecule has 3 N–H and O–H groups in total. The lowest BCUT2D eigenvalue weighted by molar-refractivity contribution is 0.188. The lowest BCUT2D eigenvalue weighted by Gasteiger charge is -2.35. The molecule has 0 spiro atoms. The molecule has 2 unspecified atom stereocenters. The molecule has 0 bridgehead atoms. The quantitative estimate of drug-likeness (QED) is 0.815. The van der Waals surface area contributed by atoms with Gasteiger partial charge in [-0.1, -0.05) is 0 Å². The Morgan fingerprint density at radius 2 is 2.29 bits per heavy atom. The van der Waals surface area contributed by atoms with Crippen molar-refractivity contribution in [3.8, 4) is 0 Å². The normalized spacial score (nSPS) is 28.9. The Balaban J connectivity index is 1.64. The molecule has 17 heavy (non-hydrogen) atoms. The van der Waals surface area contributed by atoms with E-state index in [9.17, 15) is 0 Å². The molecule has 0 radical (unpaired) electrons. The van der Waals surface area contributed by atoms with E-state index in [0.717, 1.165) is 17.5 Å². The molecule has 3 rings (SSSR count). The predicted molar refractivity (Wildman–Crippen MR) is 69.9 cm³/mol. The van der Waals surface area contributed by atoms with Crippen LogP contribution in [0, 0.1) is 0 Å². The van der Waals surface area contributed by atoms with Crippen LogP contribution in [-0.2, 0) is 0 Å². The summed E-state index contributed by atoms with van der Waals surface area (Å²) < 4.78 is 0. The van der Waals surface area contributed by atoms with E-state index >= 15 is 0 Å². The fourth-order valence-electron chi connectivity index (χ4n) is 3.09. The summed E-state index contributed by atoms with van der Waals surface area (Å²) in [4.78, 5) is 6.93. The third kappa shape index (κ3) is 2.22. The van der Waals surface area contributed by atoms with Gasteiger partial charge in [0, 0.05) is 24.8 Å². The number of rotatable bonds is 2. The second-order valence-corrected chi connectivity index (χ2v) is 5.14. The van der Waals surface area contributed by atoms with Crippen molar-refractivity contribution in [2.45, 2.75) is 37.8 Å². The van der Waals surface area contributed by atoms with Crippen LogP contribution >= 0.6 is 0 Å². The van der Waals surface area contributed by atoms with E-state index in [-0.39, 0.29) is 0 Å². The van der Waals surface area contributed by atoms with Gasteiger partial charge in [-0.15, -0.1) is 0 Å². The minimum Gasteiger partial charge on any atom is -0.396 e. The van der Waals surface area contributed by atoms with Crippen molar-refractivity contribution >= 4 is 11.5 Å². The second-order valence-electron chi connectivity index (χ2n) is 5.14. The number of fused-ring (bicyclic) bond motifs is 1. The zero-order chi connectivity index (χ0) is 11.7. The van der Waals surface area contributed by atoms with E-state index < -0.39 is 0 Å². The SMILES string of the molecule is Nc1cccnc1NC1CCN2CCCC2C1. The van der Waals surface area contributed by atoms with Crippen molar-refractivity contribution in [1.82, 2.24) is 9.88 Å². The van der Waals surface area contributed by atoms with E-state index in [1.165, 1.54) is 38.8 Å². The number of piperidine rings is 1. The number of nitrogens with zero attached hydrogens (tertiary/aromatic N) is 2. The average molecular weight is 232 g/mol. The highest BCUT2D eigenvalue weighted by Crippen LogP contribution is 2.28. The van der Waals surface area contributed by atoms with Crippen molar-refractivity contribution in [3.63, 3.8) is 0 Å². The summed E-state index contributed by atoms with van der Waals surface area (Å²) in [6, 6.07) is 5.10. The minimum atomic E-state index is 0.534. The highest BCUT2D eigenvalue weighted by atomic mass is 15.2. The summed E-state index contributed by atoms with van der Waals surface area (Å²) in [5.41, 5.74) is 6.66. The maximum atomic E-state index is 5.91. The molecule has 92 valence electrons. The molecule has 2 saturated heterocycles. The Hall–Kier alpha value is -1.29. The number of pyridine rings is 1. The van der Waals surface area contributed by atoms with Crippen molar-refractivity contribution in [2.75, 3.05) is 24.1 Å². The van der Waals surface area contributed by atoms with Gasteiger partial charge in [-0.2, -0.15) is 0 Å². The first-order chi connectivity index (χ1) is 8.33. The zero-order valence-corrected chi connectivity index (χ0v) is 10.1. The summed E-state index contributed by atoms with van der Waals surface area (Å²) in [5, 5.41) is 3.50. The number of nitrogen functional groups attached to an aromatic ring is 1. The number of nitrogens with one attached hydrogen (secondary N) is 1. The van der Waals surface area contributed by atoms with Gasteiger partial charge in [0.2, 0.25) is 0 Å². The molecule has 2 aliphatic heterocycles. The first-order valence-corrected chi connectivity index (χ1v) is 6.54. The van der Waals surface area contributed by atoms with Crippen LogP contribution in [0.4, 0.5) is 11.5 Å². The molecule has 1 aromatic heterocycles. The molecule has 0 saturated carbocycles. The summed E-state index contributed by atoms with van der Waals surface area (Å²) in [6.45, 7) is 2.51. The van der Waals surface area contributed by atoms with Gasteiger partial charge in [0.1, 0.15) is 5.82 Å². The van der Waals surface area contributed by atoms with E-state index in [2.05, 4.69) is 15.2 Å². The van der Waals surface area contributed by atoms with Crippen molar-refractivity contribution in [3.05, 3.63) is 18.3 Å². The van der Waals surface area contributed by atoms with Gasteiger partial charge in [0.15, 0.2) is 0 Å². The van der Waals surface area contributed by atoms with Crippen molar-refractivity contribution in [2.24, 2.45) is 0 Å². The maximum absolute atomic E-state index is 5.91. The Labute approximate surface area is 102 Å². The maximum Gasteiger partial charge on any atom is 0.149 e. The molecular weight excluding hydrogens is 212 g/mol. The summed E-state index contributed by atoms with van der Waals surface area (Å²) in [6.07, 6.45) is 6.95. The van der Waals surface area contributed by atoms with Gasteiger partial charge in [0.05, 0.1) is 5.69 Å². The highest BCUT2D eigenvalue weighted by molar-refractivity contribution is 5.60. The molecule has 2 atom stereocenters. The van der Waals surface area contributed by atoms with Gasteiger partial charge in [-0.05, 0) is 44.4 Å². The predicted octanol–water partition coefficient (Wildman–Crippen LogP) is 1.70. The third-order valence-corrected chi connectivity index (χ3v) is 4.00. The van der Waals surface area contributed by atoms with Crippen LogP contribution in [0.5, 0.6) is 0 Å². The molecular formula is C13H20N4. The summed E-state index contributed by atoms with van der Waals surface area (Å²) in [5.74, 6) is 0.851. The number of anilines is 2. The number of nitrogens with two attached hydrogens (primary N) is 1. The van der Waals surface area contributed by atoms with Crippen LogP contribution in [-0.4, -0.2) is 35.1 Å². The van der Waals surface area contributed by atoms with Gasteiger partial charge < -0.3 is 16.0 Å². The number of hydrogen-bond acceptors (Lipinski definition) is 4. The molecule has 0 amide bonds. The van der Waals surface area contributed by atoms with E-state index in [1.807, 2.05) is 12.1 Å². The van der Waals surface area contributed by atoms with Gasteiger partial charge in [-0.25, -0.2) is 4.98 Å². The van der Waals surface area contributed by atoms with E-state index in [4.69, 9.17) is 5.73 Å². The molecule has 0 aliphatic carbocycles. The molecule has 1 aromatic rings. The van der Waals surface area contributed by atoms with Crippen LogP contribution in [0.3, 0.4) is 0 Å². The lowest BCUT2D eigenvalue weighted by Crippen LogP contribution is -2.42. The average Bonchev–Trinajstić information content (AvgIpc) is 2.79. The van der Waals surface area contributed by atoms with E-state index in [1.54, 1.807) is 6.20 Å². The third-order valence-electron chi connectivity index (χ3n) is 4.00. The Kier molecular flexibility index (Phi) is 2.89. The molecule has 4 heteroatoms. The van der Waals surface area contributed by atoms with Crippen LogP contribution in [0.15, 0.2) is 18.3 Å². The van der Waals surface area contributed by atoms with Gasteiger partial charge in [0.25, 0.3) is 0 Å². The fourth-order valence-corrected chi connectivity index (χ4v) is 3.09. The molecule has 2 aliphatic rings. The fraction of sp³-hybridized carbons (Fsp3) is 0.615. The topological polar surface area (TPSA) is 54.2 Å². The van der Waals surface area contributed by atoms with Crippen LogP contribution in [0.25, 0.3) is 0 Å². The summed E-state index contributed by atoms with van der Waals surface area (Å²) in [7, 11) is 0. The van der Waals surface area contributed by atoms with Gasteiger partial charge in [-0.3, -0.25) is 0 Å². The Morgan fingerprint density at radius 3 is 3.18 bits per heavy atom. The second kappa shape index (κ2) is 4.53. The first-order valence-electron chi connectivity index (χ1n) is 6.54. The Bertz CT molecular complexity index is 393. The minimum absolute atomic E-state index is 0.534. The first kappa shape index (κ1) is 10.8.